The highest BCUT2D eigenvalue weighted by atomic mass is 32.2. The van der Waals surface area contributed by atoms with Crippen molar-refractivity contribution in [3.8, 4) is 16.9 Å². The number of alkyl halides is 5. The number of rotatable bonds is 6. The third-order valence-electron chi connectivity index (χ3n) is 6.98. The van der Waals surface area contributed by atoms with E-state index in [4.69, 9.17) is 4.74 Å². The van der Waals surface area contributed by atoms with Crippen molar-refractivity contribution in [2.45, 2.75) is 37.6 Å². The predicted molar refractivity (Wildman–Crippen MR) is 123 cm³/mol. The summed E-state index contributed by atoms with van der Waals surface area (Å²) < 4.78 is 99.3. The molecule has 2 aliphatic rings. The van der Waals surface area contributed by atoms with Gasteiger partial charge in [0.2, 0.25) is 10.0 Å². The molecule has 1 fully saturated rings. The van der Waals surface area contributed by atoms with Gasteiger partial charge >= 0.3 is 12.1 Å². The molecule has 0 saturated carbocycles. The molecule has 2 aromatic carbocycles. The molecule has 6 nitrogen and oxygen atoms in total. The highest BCUT2D eigenvalue weighted by molar-refractivity contribution is 7.88. The number of aryl methyl sites for hydroxylation is 1. The predicted octanol–water partition coefficient (Wildman–Crippen LogP) is 3.86. The molecule has 2 aromatic rings. The molecule has 12 heteroatoms. The molecule has 1 unspecified atom stereocenters. The summed E-state index contributed by atoms with van der Waals surface area (Å²) in [6, 6.07) is 7.23. The van der Waals surface area contributed by atoms with Crippen molar-refractivity contribution in [1.29, 1.82) is 0 Å². The number of nitrogens with zero attached hydrogens (tertiary/aromatic N) is 2. The van der Waals surface area contributed by atoms with Crippen LogP contribution in [0.4, 0.5) is 22.0 Å². The molecule has 1 N–H and O–H groups in total. The van der Waals surface area contributed by atoms with E-state index in [-0.39, 0.29) is 11.3 Å². The molecule has 1 atom stereocenters. The first-order valence-corrected chi connectivity index (χ1v) is 13.2. The number of piperazine rings is 1. The van der Waals surface area contributed by atoms with E-state index in [9.17, 15) is 35.5 Å². The van der Waals surface area contributed by atoms with Gasteiger partial charge in [-0.1, -0.05) is 25.1 Å². The van der Waals surface area contributed by atoms with Crippen LogP contribution in [0.3, 0.4) is 0 Å². The Morgan fingerprint density at radius 2 is 1.67 bits per heavy atom. The lowest BCUT2D eigenvalue weighted by Crippen LogP contribution is -2.62. The van der Waals surface area contributed by atoms with Crippen LogP contribution in [0.5, 0.6) is 5.75 Å². The quantitative estimate of drug-likeness (QED) is 0.571. The zero-order chi connectivity index (χ0) is 26.7. The smallest absolute Gasteiger partial charge is 0.427 e. The molecule has 0 spiro atoms. The summed E-state index contributed by atoms with van der Waals surface area (Å²) in [7, 11) is -2.01. The Morgan fingerprint density at radius 3 is 2.19 bits per heavy atom. The van der Waals surface area contributed by atoms with Crippen molar-refractivity contribution >= 4 is 10.0 Å². The fourth-order valence-corrected chi connectivity index (χ4v) is 5.76. The summed E-state index contributed by atoms with van der Waals surface area (Å²) in [4.78, 5) is 2.11. The van der Waals surface area contributed by atoms with Crippen LogP contribution in [-0.2, 0) is 34.5 Å². The van der Waals surface area contributed by atoms with E-state index in [0.29, 0.717) is 44.7 Å². The van der Waals surface area contributed by atoms with E-state index in [0.717, 1.165) is 23.3 Å². The van der Waals surface area contributed by atoms with Crippen molar-refractivity contribution in [2.24, 2.45) is 0 Å². The molecule has 0 amide bonds. The Labute approximate surface area is 206 Å². The molecule has 0 radical (unpaired) electrons. The average molecular weight is 535 g/mol. The summed E-state index contributed by atoms with van der Waals surface area (Å²) in [6.07, 6.45) is -3.85. The first-order valence-electron chi connectivity index (χ1n) is 11.3. The maximum atomic E-state index is 14.6. The van der Waals surface area contributed by atoms with Gasteiger partial charge in [-0.2, -0.15) is 26.3 Å². The number of fused-ring (bicyclic) bond motifs is 1. The second-order valence-electron chi connectivity index (χ2n) is 9.16. The van der Waals surface area contributed by atoms with Crippen LogP contribution in [-0.4, -0.2) is 68.5 Å². The van der Waals surface area contributed by atoms with Crippen molar-refractivity contribution in [2.75, 3.05) is 39.5 Å². The standard InChI is InChI=1S/C24H27F5N2O4S/c1-4-16-11-15(14-30-7-9-31(10-8-30)36(3,33)34)5-6-17(16)18-12-20-19(13-21(18)35-2)22(32,23(20,25)26)24(27,28)29/h5-6,11-13,32H,4,7-10,14H2,1-3H3. The van der Waals surface area contributed by atoms with Crippen LogP contribution in [0, 0.1) is 0 Å². The van der Waals surface area contributed by atoms with Gasteiger partial charge in [0.05, 0.1) is 13.4 Å². The number of halogens is 5. The third-order valence-corrected chi connectivity index (χ3v) is 8.28. The number of hydrogen-bond donors (Lipinski definition) is 1. The lowest BCUT2D eigenvalue weighted by Gasteiger charge is -2.47. The molecule has 1 aliphatic heterocycles. The zero-order valence-corrected chi connectivity index (χ0v) is 20.8. The van der Waals surface area contributed by atoms with Crippen LogP contribution in [0.2, 0.25) is 0 Å². The maximum Gasteiger partial charge on any atom is 0.427 e. The van der Waals surface area contributed by atoms with Gasteiger partial charge < -0.3 is 9.84 Å². The van der Waals surface area contributed by atoms with E-state index in [1.54, 1.807) is 12.1 Å². The molecule has 4 rings (SSSR count). The van der Waals surface area contributed by atoms with Crippen molar-refractivity contribution in [3.05, 3.63) is 52.6 Å². The Bertz CT molecular complexity index is 1270. The highest BCUT2D eigenvalue weighted by Gasteiger charge is 2.78. The van der Waals surface area contributed by atoms with E-state index < -0.39 is 38.9 Å². The highest BCUT2D eigenvalue weighted by Crippen LogP contribution is 2.64. The molecule has 198 valence electrons. The van der Waals surface area contributed by atoms with Gasteiger partial charge in [0.1, 0.15) is 5.75 Å². The molecular formula is C24H27F5N2O4S. The first-order chi connectivity index (χ1) is 16.6. The Morgan fingerprint density at radius 1 is 1.03 bits per heavy atom. The van der Waals surface area contributed by atoms with Gasteiger partial charge in [-0.05, 0) is 35.2 Å². The van der Waals surface area contributed by atoms with Gasteiger partial charge in [0.15, 0.2) is 0 Å². The third kappa shape index (κ3) is 4.17. The fourth-order valence-electron chi connectivity index (χ4n) is 4.93. The van der Waals surface area contributed by atoms with E-state index in [1.807, 2.05) is 13.0 Å². The summed E-state index contributed by atoms with van der Waals surface area (Å²) >= 11 is 0. The van der Waals surface area contributed by atoms with Crippen LogP contribution in [0.25, 0.3) is 11.1 Å². The Balaban J connectivity index is 1.64. The van der Waals surface area contributed by atoms with E-state index >= 15 is 0 Å². The van der Waals surface area contributed by atoms with E-state index in [1.165, 1.54) is 17.7 Å². The van der Waals surface area contributed by atoms with Crippen LogP contribution >= 0.6 is 0 Å². The summed E-state index contributed by atoms with van der Waals surface area (Å²) in [5.41, 5.74) is -3.58. The number of aliphatic hydroxyl groups is 1. The summed E-state index contributed by atoms with van der Waals surface area (Å²) in [5.74, 6) is -4.55. The van der Waals surface area contributed by atoms with Crippen molar-refractivity contribution in [1.82, 2.24) is 9.21 Å². The minimum Gasteiger partial charge on any atom is -0.496 e. The first kappa shape index (κ1) is 26.8. The van der Waals surface area contributed by atoms with Gasteiger partial charge in [-0.3, -0.25) is 4.90 Å². The Kier molecular flexibility index (Phi) is 6.64. The lowest BCUT2D eigenvalue weighted by atomic mass is 9.68. The van der Waals surface area contributed by atoms with Crippen LogP contribution in [0.15, 0.2) is 30.3 Å². The molecular weight excluding hydrogens is 507 g/mol. The molecule has 1 heterocycles. The topological polar surface area (TPSA) is 70.1 Å². The van der Waals surface area contributed by atoms with Gasteiger partial charge in [0.25, 0.3) is 5.60 Å². The van der Waals surface area contributed by atoms with Gasteiger partial charge in [-0.25, -0.2) is 8.42 Å². The van der Waals surface area contributed by atoms with Gasteiger partial charge in [0, 0.05) is 49.4 Å². The largest absolute Gasteiger partial charge is 0.496 e. The van der Waals surface area contributed by atoms with Gasteiger partial charge in [-0.15, -0.1) is 0 Å². The summed E-state index contributed by atoms with van der Waals surface area (Å²) in [5, 5.41) is 9.89. The molecule has 36 heavy (non-hydrogen) atoms. The van der Waals surface area contributed by atoms with Crippen LogP contribution < -0.4 is 4.74 Å². The maximum absolute atomic E-state index is 14.6. The van der Waals surface area contributed by atoms with Crippen molar-refractivity contribution < 1.29 is 40.2 Å². The second kappa shape index (κ2) is 8.93. The number of ether oxygens (including phenoxy) is 1. The second-order valence-corrected chi connectivity index (χ2v) is 11.1. The minimum absolute atomic E-state index is 0.0497. The molecule has 1 aliphatic carbocycles. The lowest BCUT2D eigenvalue weighted by molar-refractivity contribution is -0.364. The SMILES string of the molecule is CCc1cc(CN2CCN(S(C)(=O)=O)CC2)ccc1-c1cc2c(cc1OC)C(O)(C(F)(F)F)C2(F)F. The number of methoxy groups -OCH3 is 1. The van der Waals surface area contributed by atoms with Crippen LogP contribution in [0.1, 0.15) is 29.2 Å². The Hall–Kier alpha value is -2.28. The zero-order valence-electron chi connectivity index (χ0n) is 20.0. The van der Waals surface area contributed by atoms with E-state index in [2.05, 4.69) is 4.90 Å². The van der Waals surface area contributed by atoms with Crippen molar-refractivity contribution in [3.63, 3.8) is 0 Å². The normalized spacial score (nSPS) is 22.7. The number of hydrogen-bond acceptors (Lipinski definition) is 5. The molecule has 0 aromatic heterocycles. The number of benzene rings is 2. The minimum atomic E-state index is -5.56. The monoisotopic (exact) mass is 534 g/mol. The fraction of sp³-hybridized carbons (Fsp3) is 0.500. The molecule has 1 saturated heterocycles. The molecule has 0 bridgehead atoms. The average Bonchev–Trinajstić information content (AvgIpc) is 2.81. The number of sulfonamides is 1. The summed E-state index contributed by atoms with van der Waals surface area (Å²) in [6.45, 7) is 4.34.